The van der Waals surface area contributed by atoms with Gasteiger partial charge >= 0.3 is 5.97 Å². The highest BCUT2D eigenvalue weighted by Crippen LogP contribution is 2.43. The van der Waals surface area contributed by atoms with Gasteiger partial charge in [-0.2, -0.15) is 0 Å². The topological polar surface area (TPSA) is 82.1 Å². The first-order chi connectivity index (χ1) is 16.1. The van der Waals surface area contributed by atoms with Gasteiger partial charge in [0, 0.05) is 48.1 Å². The van der Waals surface area contributed by atoms with Crippen LogP contribution in [-0.2, 0) is 20.9 Å². The van der Waals surface area contributed by atoms with Crippen LogP contribution >= 0.6 is 0 Å². The van der Waals surface area contributed by atoms with Crippen molar-refractivity contribution in [3.05, 3.63) is 70.6 Å². The van der Waals surface area contributed by atoms with Gasteiger partial charge in [-0.1, -0.05) is 12.2 Å². The average molecular weight is 477 g/mol. The number of hydrogen-bond donors (Lipinski definition) is 2. The van der Waals surface area contributed by atoms with Crippen LogP contribution in [0.3, 0.4) is 0 Å². The number of rotatable bonds is 7. The molecule has 0 saturated carbocycles. The molecule has 0 aliphatic carbocycles. The number of ether oxygens (including phenoxy) is 1. The summed E-state index contributed by atoms with van der Waals surface area (Å²) in [6.07, 6.45) is 6.28. The van der Waals surface area contributed by atoms with E-state index in [0.29, 0.717) is 25.6 Å². The zero-order valence-electron chi connectivity index (χ0n) is 18.9. The molecule has 3 aliphatic rings. The number of nitrogens with zero attached hydrogens (tertiary/aromatic N) is 2. The zero-order valence-corrected chi connectivity index (χ0v) is 18.9. The molecule has 7 nitrogen and oxygen atoms in total. The summed E-state index contributed by atoms with van der Waals surface area (Å²) in [5, 5.41) is 12.4. The molecule has 2 N–H and O–H groups in total. The molecule has 3 aliphatic heterocycles. The summed E-state index contributed by atoms with van der Waals surface area (Å²) in [6, 6.07) is 1.39. The fourth-order valence-electron chi connectivity index (χ4n) is 4.31. The Kier molecular flexibility index (Phi) is 6.44. The smallest absolute Gasteiger partial charge is 0.335 e. The van der Waals surface area contributed by atoms with Gasteiger partial charge in [-0.25, -0.2) is 18.0 Å². The first-order valence-electron chi connectivity index (χ1n) is 11.0. The normalized spacial score (nSPS) is 19.6. The summed E-state index contributed by atoms with van der Waals surface area (Å²) in [6.45, 7) is 3.75. The number of allylic oxidation sites excluding steroid dienone is 2. The summed E-state index contributed by atoms with van der Waals surface area (Å²) in [4.78, 5) is 27.3. The SMILES string of the molecule is CC(C)(OCCC(=O)N1C=C2C(CC1)C1=C(NCC=C1)N2Cc1cc(F)c(F)cc1F)C(=O)O. The van der Waals surface area contributed by atoms with Gasteiger partial charge < -0.3 is 25.0 Å². The highest BCUT2D eigenvalue weighted by molar-refractivity contribution is 5.78. The lowest BCUT2D eigenvalue weighted by molar-refractivity contribution is -0.162. The van der Waals surface area contributed by atoms with E-state index in [1.807, 2.05) is 12.2 Å². The number of carbonyl (C=O) groups excluding carboxylic acids is 1. The minimum Gasteiger partial charge on any atom is -0.479 e. The van der Waals surface area contributed by atoms with Crippen LogP contribution in [0, 0.1) is 23.4 Å². The molecule has 0 saturated heterocycles. The second-order valence-electron chi connectivity index (χ2n) is 8.93. The fraction of sp³-hybridized carbons (Fsp3) is 0.417. The number of dihydropyridines is 1. The Balaban J connectivity index is 1.55. The first-order valence-corrected chi connectivity index (χ1v) is 11.0. The standard InChI is InChI=1S/C24H26F3N3O4/c1-24(2,23(32)33)34-9-6-21(31)29-8-5-15-16-4-3-7-28-22(16)30(20(15)13-29)12-14-10-18(26)19(27)11-17(14)25/h3-4,10-11,13,15,28H,5-9,12H2,1-2H3,(H,32,33). The van der Waals surface area contributed by atoms with Crippen LogP contribution in [0.1, 0.15) is 32.3 Å². The van der Waals surface area contributed by atoms with Crippen molar-refractivity contribution in [3.63, 3.8) is 0 Å². The number of carbonyl (C=O) groups is 2. The Morgan fingerprint density at radius 3 is 2.68 bits per heavy atom. The van der Waals surface area contributed by atoms with Gasteiger partial charge in [0.15, 0.2) is 17.2 Å². The molecule has 1 amide bonds. The summed E-state index contributed by atoms with van der Waals surface area (Å²) >= 11 is 0. The highest BCUT2D eigenvalue weighted by atomic mass is 19.2. The van der Waals surface area contributed by atoms with Crippen molar-refractivity contribution in [1.29, 1.82) is 0 Å². The average Bonchev–Trinajstić information content (AvgIpc) is 3.10. The minimum atomic E-state index is -1.40. The molecule has 10 heteroatoms. The molecule has 1 unspecified atom stereocenters. The van der Waals surface area contributed by atoms with Crippen molar-refractivity contribution in [3.8, 4) is 0 Å². The van der Waals surface area contributed by atoms with Crippen LogP contribution in [0.5, 0.6) is 0 Å². The number of halogens is 3. The molecule has 0 radical (unpaired) electrons. The quantitative estimate of drug-likeness (QED) is 0.587. The molecular weight excluding hydrogens is 451 g/mol. The van der Waals surface area contributed by atoms with Gasteiger partial charge in [0.05, 0.1) is 19.6 Å². The second-order valence-corrected chi connectivity index (χ2v) is 8.93. The molecule has 1 atom stereocenters. The molecule has 34 heavy (non-hydrogen) atoms. The Morgan fingerprint density at radius 1 is 1.21 bits per heavy atom. The highest BCUT2D eigenvalue weighted by Gasteiger charge is 2.39. The summed E-state index contributed by atoms with van der Waals surface area (Å²) in [5.41, 5.74) is 0.346. The minimum absolute atomic E-state index is 0.00333. The van der Waals surface area contributed by atoms with Crippen LogP contribution in [0.25, 0.3) is 0 Å². The summed E-state index contributed by atoms with van der Waals surface area (Å²) < 4.78 is 47.0. The Labute approximate surface area is 195 Å². The molecule has 182 valence electrons. The number of fused-ring (bicyclic) bond motifs is 2. The van der Waals surface area contributed by atoms with Crippen LogP contribution in [-0.4, -0.2) is 52.1 Å². The number of hydrogen-bond acceptors (Lipinski definition) is 5. The van der Waals surface area contributed by atoms with E-state index in [-0.39, 0.29) is 37.0 Å². The van der Waals surface area contributed by atoms with E-state index >= 15 is 0 Å². The molecule has 1 aromatic carbocycles. The third-order valence-electron chi connectivity index (χ3n) is 6.25. The number of amides is 1. The maximum Gasteiger partial charge on any atom is 0.335 e. The molecular formula is C24H26F3N3O4. The molecule has 0 fully saturated rings. The maximum atomic E-state index is 14.4. The Morgan fingerprint density at radius 2 is 1.94 bits per heavy atom. The lowest BCUT2D eigenvalue weighted by Gasteiger charge is -2.32. The van der Waals surface area contributed by atoms with E-state index in [9.17, 15) is 22.8 Å². The number of benzene rings is 1. The van der Waals surface area contributed by atoms with Crippen molar-refractivity contribution in [2.75, 3.05) is 19.7 Å². The van der Waals surface area contributed by atoms with Crippen molar-refractivity contribution in [2.45, 2.75) is 38.8 Å². The Bertz CT molecular complexity index is 1110. The Hall–Kier alpha value is -3.27. The van der Waals surface area contributed by atoms with E-state index in [1.54, 1.807) is 16.0 Å². The van der Waals surface area contributed by atoms with Crippen LogP contribution in [0.2, 0.25) is 0 Å². The van der Waals surface area contributed by atoms with Gasteiger partial charge in [0.2, 0.25) is 5.91 Å². The number of carboxylic acid groups (broad SMARTS) is 1. The van der Waals surface area contributed by atoms with Crippen molar-refractivity contribution in [1.82, 2.24) is 15.1 Å². The zero-order chi connectivity index (χ0) is 24.6. The number of aliphatic carboxylic acids is 1. The fourth-order valence-corrected chi connectivity index (χ4v) is 4.31. The van der Waals surface area contributed by atoms with Crippen LogP contribution < -0.4 is 5.32 Å². The predicted molar refractivity (Wildman–Crippen MR) is 116 cm³/mol. The van der Waals surface area contributed by atoms with E-state index in [4.69, 9.17) is 9.84 Å². The van der Waals surface area contributed by atoms with Crippen LogP contribution in [0.4, 0.5) is 13.2 Å². The van der Waals surface area contributed by atoms with E-state index in [0.717, 1.165) is 23.2 Å². The van der Waals surface area contributed by atoms with Crippen molar-refractivity contribution < 1.29 is 32.6 Å². The second kappa shape index (κ2) is 9.17. The predicted octanol–water partition coefficient (Wildman–Crippen LogP) is 3.25. The van der Waals surface area contributed by atoms with Crippen molar-refractivity contribution >= 4 is 11.9 Å². The number of carboxylic acids is 1. The van der Waals surface area contributed by atoms with Crippen molar-refractivity contribution in [2.24, 2.45) is 5.92 Å². The lowest BCUT2D eigenvalue weighted by atomic mass is 9.91. The third kappa shape index (κ3) is 4.54. The van der Waals surface area contributed by atoms with E-state index in [2.05, 4.69) is 5.32 Å². The van der Waals surface area contributed by atoms with E-state index < -0.39 is 29.0 Å². The monoisotopic (exact) mass is 477 g/mol. The van der Waals surface area contributed by atoms with Gasteiger partial charge in [-0.05, 0) is 26.3 Å². The molecule has 4 rings (SSSR count). The van der Waals surface area contributed by atoms with E-state index in [1.165, 1.54) is 13.8 Å². The molecule has 0 aromatic heterocycles. The molecule has 0 bridgehead atoms. The van der Waals surface area contributed by atoms with Gasteiger partial charge in [-0.15, -0.1) is 0 Å². The first kappa shape index (κ1) is 23.9. The molecule has 3 heterocycles. The third-order valence-corrected chi connectivity index (χ3v) is 6.25. The van der Waals surface area contributed by atoms with Crippen LogP contribution in [0.15, 0.2) is 47.6 Å². The lowest BCUT2D eigenvalue weighted by Crippen LogP contribution is -2.38. The van der Waals surface area contributed by atoms with Gasteiger partial charge in [0.25, 0.3) is 0 Å². The maximum absolute atomic E-state index is 14.4. The van der Waals surface area contributed by atoms with Gasteiger partial charge in [0.1, 0.15) is 11.6 Å². The molecule has 0 spiro atoms. The molecule has 1 aromatic rings. The number of nitrogens with one attached hydrogen (secondary N) is 1. The largest absolute Gasteiger partial charge is 0.479 e. The summed E-state index contributed by atoms with van der Waals surface area (Å²) in [7, 11) is 0. The van der Waals surface area contributed by atoms with Gasteiger partial charge in [-0.3, -0.25) is 4.79 Å². The summed E-state index contributed by atoms with van der Waals surface area (Å²) in [5.74, 6) is -3.86.